The lowest BCUT2D eigenvalue weighted by Crippen LogP contribution is -2.27. The molecule has 0 heterocycles. The van der Waals surface area contributed by atoms with Crippen LogP contribution in [0.1, 0.15) is 220 Å². The normalized spacial score (nSPS) is 13.3. The van der Waals surface area contributed by atoms with Crippen LogP contribution < -0.4 is 0 Å². The summed E-state index contributed by atoms with van der Waals surface area (Å²) in [5.41, 5.74) is -0.381. The third kappa shape index (κ3) is 27.0. The van der Waals surface area contributed by atoms with Crippen LogP contribution in [0.25, 0.3) is 0 Å². The van der Waals surface area contributed by atoms with Crippen LogP contribution in [0.3, 0.4) is 0 Å². The largest absolute Gasteiger partial charge is 0.390 e. The highest BCUT2D eigenvalue weighted by Crippen LogP contribution is 2.26. The zero-order valence-electron chi connectivity index (χ0n) is 25.9. The Labute approximate surface area is 230 Å². The summed E-state index contributed by atoms with van der Waals surface area (Å²) in [6, 6.07) is 0. The van der Waals surface area contributed by atoms with Crippen molar-refractivity contribution in [1.29, 1.82) is 0 Å². The minimum Gasteiger partial charge on any atom is -0.390 e. The van der Waals surface area contributed by atoms with Crippen LogP contribution in [0.2, 0.25) is 0 Å². The molecule has 0 aliphatic heterocycles. The minimum absolute atomic E-state index is 0.381. The van der Waals surface area contributed by atoms with Gasteiger partial charge in [-0.3, -0.25) is 0 Å². The van der Waals surface area contributed by atoms with Crippen LogP contribution in [-0.2, 0) is 0 Å². The Morgan fingerprint density at radius 1 is 0.306 bits per heavy atom. The Hall–Kier alpha value is -0.0400. The van der Waals surface area contributed by atoms with E-state index in [0.717, 1.165) is 19.3 Å². The van der Waals surface area contributed by atoms with Crippen LogP contribution in [-0.4, -0.2) is 10.7 Å². The fraction of sp³-hybridized carbons (Fsp3) is 1.00. The van der Waals surface area contributed by atoms with Crippen molar-refractivity contribution < 1.29 is 5.11 Å². The molecule has 0 fully saturated rings. The Kier molecular flexibility index (Phi) is 29.5. The Balaban J connectivity index is 3.40. The molecule has 0 bridgehead atoms. The van der Waals surface area contributed by atoms with Crippen LogP contribution >= 0.6 is 0 Å². The molecule has 1 heteroatoms. The molecule has 0 aliphatic rings. The van der Waals surface area contributed by atoms with E-state index in [1.165, 1.54) is 180 Å². The maximum Gasteiger partial charge on any atom is 0.0645 e. The molecule has 1 unspecified atom stereocenters. The standard InChI is InChI=1S/C35H72O/c1-4-7-9-11-13-15-17-19-20-22-24-26-28-30-32-34-35(36,6-3)33-31-29-27-25-23-21-18-16-14-12-10-8-5-2/h36H,4-34H2,1-3H3. The van der Waals surface area contributed by atoms with Gasteiger partial charge in [-0.2, -0.15) is 0 Å². The van der Waals surface area contributed by atoms with E-state index >= 15 is 0 Å². The highest BCUT2D eigenvalue weighted by Gasteiger charge is 2.23. The van der Waals surface area contributed by atoms with E-state index in [0.29, 0.717) is 0 Å². The molecule has 0 spiro atoms. The second kappa shape index (κ2) is 29.5. The van der Waals surface area contributed by atoms with E-state index in [9.17, 15) is 5.11 Å². The lowest BCUT2D eigenvalue weighted by Gasteiger charge is -2.27. The van der Waals surface area contributed by atoms with Gasteiger partial charge in [0.25, 0.3) is 0 Å². The molecule has 218 valence electrons. The highest BCUT2D eigenvalue weighted by atomic mass is 16.3. The second-order valence-corrected chi connectivity index (χ2v) is 12.3. The summed E-state index contributed by atoms with van der Waals surface area (Å²) in [6.07, 6.45) is 42.3. The lowest BCUT2D eigenvalue weighted by atomic mass is 9.87. The molecule has 0 radical (unpaired) electrons. The molecule has 0 aliphatic carbocycles. The first-order valence-electron chi connectivity index (χ1n) is 17.4. The van der Waals surface area contributed by atoms with Gasteiger partial charge in [-0.1, -0.05) is 201 Å². The van der Waals surface area contributed by atoms with Crippen molar-refractivity contribution in [2.24, 2.45) is 0 Å². The summed E-state index contributed by atoms with van der Waals surface area (Å²) < 4.78 is 0. The molecule has 0 aromatic rings. The Morgan fingerprint density at radius 2 is 0.500 bits per heavy atom. The number of hydrogen-bond acceptors (Lipinski definition) is 1. The van der Waals surface area contributed by atoms with Crippen molar-refractivity contribution >= 4 is 0 Å². The first-order chi connectivity index (χ1) is 17.7. The van der Waals surface area contributed by atoms with Gasteiger partial charge in [-0.15, -0.1) is 0 Å². The van der Waals surface area contributed by atoms with Gasteiger partial charge < -0.3 is 5.11 Å². The molecule has 0 amide bonds. The van der Waals surface area contributed by atoms with Crippen LogP contribution in [0.15, 0.2) is 0 Å². The average Bonchev–Trinajstić information content (AvgIpc) is 2.89. The van der Waals surface area contributed by atoms with Crippen molar-refractivity contribution in [2.45, 2.75) is 225 Å². The SMILES string of the molecule is CCCCCCCCCCCCCCCCCC(O)(CC)CCCCCCCCCCCCCCC. The molecule has 36 heavy (non-hydrogen) atoms. The molecular formula is C35H72O. The van der Waals surface area contributed by atoms with Crippen molar-refractivity contribution in [3.8, 4) is 0 Å². The molecule has 1 atom stereocenters. The topological polar surface area (TPSA) is 20.2 Å². The molecular weight excluding hydrogens is 436 g/mol. The monoisotopic (exact) mass is 509 g/mol. The summed E-state index contributed by atoms with van der Waals surface area (Å²) in [4.78, 5) is 0. The van der Waals surface area contributed by atoms with Crippen LogP contribution in [0.4, 0.5) is 0 Å². The first-order valence-corrected chi connectivity index (χ1v) is 17.4. The van der Waals surface area contributed by atoms with Crippen molar-refractivity contribution in [3.05, 3.63) is 0 Å². The third-order valence-electron chi connectivity index (χ3n) is 8.65. The van der Waals surface area contributed by atoms with E-state index < -0.39 is 0 Å². The fourth-order valence-corrected chi connectivity index (χ4v) is 5.78. The first kappa shape index (κ1) is 36.0. The van der Waals surface area contributed by atoms with Crippen molar-refractivity contribution in [1.82, 2.24) is 0 Å². The zero-order chi connectivity index (χ0) is 26.4. The summed E-state index contributed by atoms with van der Waals surface area (Å²) in [7, 11) is 0. The van der Waals surface area contributed by atoms with Gasteiger partial charge >= 0.3 is 0 Å². The van der Waals surface area contributed by atoms with Crippen LogP contribution in [0, 0.1) is 0 Å². The van der Waals surface area contributed by atoms with Crippen molar-refractivity contribution in [3.63, 3.8) is 0 Å². The number of unbranched alkanes of at least 4 members (excludes halogenated alkanes) is 26. The van der Waals surface area contributed by atoms with Gasteiger partial charge in [-0.25, -0.2) is 0 Å². The molecule has 0 rings (SSSR count). The lowest BCUT2D eigenvalue weighted by molar-refractivity contribution is 0.0140. The molecule has 0 aromatic heterocycles. The predicted octanol–water partition coefficient (Wildman–Crippen LogP) is 12.9. The number of rotatable bonds is 31. The van der Waals surface area contributed by atoms with Gasteiger partial charge in [0.05, 0.1) is 5.60 Å². The molecule has 0 saturated carbocycles. The third-order valence-corrected chi connectivity index (χ3v) is 8.65. The Bertz CT molecular complexity index is 392. The van der Waals surface area contributed by atoms with Gasteiger partial charge in [-0.05, 0) is 19.3 Å². The smallest absolute Gasteiger partial charge is 0.0645 e. The second-order valence-electron chi connectivity index (χ2n) is 12.3. The molecule has 0 saturated heterocycles. The van der Waals surface area contributed by atoms with Gasteiger partial charge in [0, 0.05) is 0 Å². The highest BCUT2D eigenvalue weighted by molar-refractivity contribution is 4.76. The molecule has 0 aromatic carbocycles. The Morgan fingerprint density at radius 3 is 0.694 bits per heavy atom. The van der Waals surface area contributed by atoms with Crippen LogP contribution in [0.5, 0.6) is 0 Å². The number of aliphatic hydroxyl groups is 1. The minimum atomic E-state index is -0.381. The quantitative estimate of drug-likeness (QED) is 0.0923. The van der Waals surface area contributed by atoms with Gasteiger partial charge in [0.1, 0.15) is 0 Å². The predicted molar refractivity (Wildman–Crippen MR) is 165 cm³/mol. The van der Waals surface area contributed by atoms with Crippen molar-refractivity contribution in [2.75, 3.05) is 0 Å². The summed E-state index contributed by atoms with van der Waals surface area (Å²) >= 11 is 0. The van der Waals surface area contributed by atoms with E-state index in [2.05, 4.69) is 20.8 Å². The van der Waals surface area contributed by atoms with E-state index in [4.69, 9.17) is 0 Å². The summed E-state index contributed by atoms with van der Waals surface area (Å²) in [5, 5.41) is 11.0. The van der Waals surface area contributed by atoms with E-state index in [1.54, 1.807) is 0 Å². The average molecular weight is 509 g/mol. The molecule has 1 nitrogen and oxygen atoms in total. The number of hydrogen-bond donors (Lipinski definition) is 1. The summed E-state index contributed by atoms with van der Waals surface area (Å²) in [6.45, 7) is 6.78. The fourth-order valence-electron chi connectivity index (χ4n) is 5.78. The van der Waals surface area contributed by atoms with E-state index in [1.807, 2.05) is 0 Å². The van der Waals surface area contributed by atoms with Gasteiger partial charge in [0.2, 0.25) is 0 Å². The maximum atomic E-state index is 11.0. The zero-order valence-corrected chi connectivity index (χ0v) is 25.9. The van der Waals surface area contributed by atoms with E-state index in [-0.39, 0.29) is 5.60 Å². The maximum absolute atomic E-state index is 11.0. The molecule has 1 N–H and O–H groups in total. The van der Waals surface area contributed by atoms with Gasteiger partial charge in [0.15, 0.2) is 0 Å². The summed E-state index contributed by atoms with van der Waals surface area (Å²) in [5.74, 6) is 0.